The number of benzene rings is 2. The molecule has 6 nitrogen and oxygen atoms in total. The van der Waals surface area contributed by atoms with Crippen LogP contribution >= 0.6 is 0 Å². The van der Waals surface area contributed by atoms with Crippen LogP contribution in [-0.4, -0.2) is 44.8 Å². The van der Waals surface area contributed by atoms with E-state index in [9.17, 15) is 17.6 Å². The average molecular weight is 408 g/mol. The number of sulfonamides is 1. The van der Waals surface area contributed by atoms with Gasteiger partial charge in [-0.2, -0.15) is 4.31 Å². The zero-order valence-corrected chi connectivity index (χ0v) is 17.3. The van der Waals surface area contributed by atoms with Crippen molar-refractivity contribution in [3.63, 3.8) is 0 Å². The van der Waals surface area contributed by atoms with Crippen LogP contribution in [0.4, 0.5) is 15.8 Å². The summed E-state index contributed by atoms with van der Waals surface area (Å²) in [6.07, 6.45) is 0. The van der Waals surface area contributed by atoms with Crippen molar-refractivity contribution in [1.82, 2.24) is 4.31 Å². The van der Waals surface area contributed by atoms with Crippen molar-refractivity contribution >= 4 is 27.3 Å². The number of anilines is 2. The molecule has 0 saturated heterocycles. The van der Waals surface area contributed by atoms with Crippen LogP contribution in [0.3, 0.4) is 0 Å². The zero-order valence-electron chi connectivity index (χ0n) is 16.5. The number of likely N-dealkylation sites (N-methyl/N-ethyl adjacent to an activating group) is 1. The summed E-state index contributed by atoms with van der Waals surface area (Å²) >= 11 is 0. The van der Waals surface area contributed by atoms with E-state index in [1.165, 1.54) is 19.2 Å². The number of rotatable bonds is 8. The molecule has 28 heavy (non-hydrogen) atoms. The molecule has 1 amide bonds. The summed E-state index contributed by atoms with van der Waals surface area (Å²) in [5.41, 5.74) is 1.63. The van der Waals surface area contributed by atoms with Gasteiger partial charge in [0.15, 0.2) is 0 Å². The van der Waals surface area contributed by atoms with Gasteiger partial charge in [-0.15, -0.1) is 0 Å². The van der Waals surface area contributed by atoms with Gasteiger partial charge < -0.3 is 10.2 Å². The minimum Gasteiger partial charge on any atom is -0.369 e. The Kier molecular flexibility index (Phi) is 7.15. The Bertz CT molecular complexity index is 897. The zero-order chi connectivity index (χ0) is 20.9. The second-order valence-corrected chi connectivity index (χ2v) is 8.73. The number of nitrogens with one attached hydrogen (secondary N) is 1. The molecule has 0 bridgehead atoms. The monoisotopic (exact) mass is 407 g/mol. The van der Waals surface area contributed by atoms with Crippen molar-refractivity contribution in [3.8, 4) is 0 Å². The van der Waals surface area contributed by atoms with Gasteiger partial charge in [0.25, 0.3) is 0 Å². The first kappa shape index (κ1) is 21.8. The lowest BCUT2D eigenvalue weighted by Crippen LogP contribution is -2.35. The molecular formula is C20H26FN3O3S. The molecule has 0 atom stereocenters. The number of carbonyl (C=O) groups excluding carboxylic acids is 1. The van der Waals surface area contributed by atoms with Crippen LogP contribution in [0.2, 0.25) is 0 Å². The fourth-order valence-electron chi connectivity index (χ4n) is 2.86. The van der Waals surface area contributed by atoms with Gasteiger partial charge in [0.2, 0.25) is 15.9 Å². The third-order valence-corrected chi connectivity index (χ3v) is 6.15. The average Bonchev–Trinajstić information content (AvgIpc) is 2.63. The second kappa shape index (κ2) is 9.16. The maximum absolute atomic E-state index is 13.0. The smallest absolute Gasteiger partial charge is 0.243 e. The molecule has 0 aromatic heterocycles. The molecule has 0 aliphatic carbocycles. The number of carbonyl (C=O) groups is 1. The molecule has 0 fully saturated rings. The van der Waals surface area contributed by atoms with Crippen molar-refractivity contribution in [2.24, 2.45) is 0 Å². The van der Waals surface area contributed by atoms with E-state index in [0.29, 0.717) is 11.7 Å². The summed E-state index contributed by atoms with van der Waals surface area (Å²) in [5.74, 6) is -0.987. The SMILES string of the molecule is CCN(c1ccc(NC(=O)CN(C)S(=O)(=O)c2ccc(F)cc2)cc1)C(C)C. The van der Waals surface area contributed by atoms with E-state index in [-0.39, 0.29) is 11.4 Å². The van der Waals surface area contributed by atoms with Gasteiger partial charge in [0.1, 0.15) is 5.82 Å². The Morgan fingerprint density at radius 2 is 1.64 bits per heavy atom. The minimum absolute atomic E-state index is 0.0677. The van der Waals surface area contributed by atoms with Gasteiger partial charge in [-0.25, -0.2) is 12.8 Å². The van der Waals surface area contributed by atoms with Crippen LogP contribution < -0.4 is 10.2 Å². The van der Waals surface area contributed by atoms with Crippen LogP contribution in [-0.2, 0) is 14.8 Å². The maximum Gasteiger partial charge on any atom is 0.243 e. The summed E-state index contributed by atoms with van der Waals surface area (Å²) in [6, 6.07) is 12.2. The molecule has 0 aliphatic heterocycles. The summed E-state index contributed by atoms with van der Waals surface area (Å²) in [6.45, 7) is 6.81. The molecule has 8 heteroatoms. The lowest BCUT2D eigenvalue weighted by Gasteiger charge is -2.27. The van der Waals surface area contributed by atoms with Gasteiger partial charge in [0, 0.05) is 31.0 Å². The summed E-state index contributed by atoms with van der Waals surface area (Å²) in [5, 5.41) is 2.70. The highest BCUT2D eigenvalue weighted by Gasteiger charge is 2.23. The lowest BCUT2D eigenvalue weighted by molar-refractivity contribution is -0.116. The first-order chi connectivity index (χ1) is 13.1. The number of halogens is 1. The van der Waals surface area contributed by atoms with Gasteiger partial charge in [-0.05, 0) is 69.3 Å². The fraction of sp³-hybridized carbons (Fsp3) is 0.350. The first-order valence-electron chi connectivity index (χ1n) is 9.03. The third-order valence-electron chi connectivity index (χ3n) is 4.33. The molecule has 2 rings (SSSR count). The highest BCUT2D eigenvalue weighted by molar-refractivity contribution is 7.89. The Morgan fingerprint density at radius 1 is 1.07 bits per heavy atom. The van der Waals surface area contributed by atoms with Gasteiger partial charge >= 0.3 is 0 Å². The summed E-state index contributed by atoms with van der Waals surface area (Å²) < 4.78 is 38.9. The van der Waals surface area contributed by atoms with E-state index < -0.39 is 21.7 Å². The maximum atomic E-state index is 13.0. The minimum atomic E-state index is -3.87. The van der Waals surface area contributed by atoms with Gasteiger partial charge in [-0.3, -0.25) is 4.79 Å². The number of nitrogens with zero attached hydrogens (tertiary/aromatic N) is 2. The normalized spacial score (nSPS) is 11.7. The molecule has 0 unspecified atom stereocenters. The summed E-state index contributed by atoms with van der Waals surface area (Å²) in [4.78, 5) is 14.4. The first-order valence-corrected chi connectivity index (χ1v) is 10.5. The van der Waals surface area contributed by atoms with Gasteiger partial charge in [0.05, 0.1) is 11.4 Å². The molecule has 2 aromatic carbocycles. The summed E-state index contributed by atoms with van der Waals surface area (Å²) in [7, 11) is -2.57. The molecule has 2 aromatic rings. The quantitative estimate of drug-likeness (QED) is 0.729. The molecule has 0 saturated carbocycles. The number of hydrogen-bond acceptors (Lipinski definition) is 4. The molecule has 0 aliphatic rings. The van der Waals surface area contributed by atoms with Crippen molar-refractivity contribution in [1.29, 1.82) is 0 Å². The molecule has 152 valence electrons. The van der Waals surface area contributed by atoms with Crippen molar-refractivity contribution in [2.45, 2.75) is 31.7 Å². The largest absolute Gasteiger partial charge is 0.369 e. The van der Waals surface area contributed by atoms with E-state index in [4.69, 9.17) is 0 Å². The fourth-order valence-corrected chi connectivity index (χ4v) is 3.98. The van der Waals surface area contributed by atoms with E-state index >= 15 is 0 Å². The molecule has 0 radical (unpaired) electrons. The Balaban J connectivity index is 2.02. The number of amides is 1. The van der Waals surface area contributed by atoms with Crippen LogP contribution in [0.25, 0.3) is 0 Å². The molecule has 0 heterocycles. The van der Waals surface area contributed by atoms with Gasteiger partial charge in [-0.1, -0.05) is 0 Å². The van der Waals surface area contributed by atoms with Crippen molar-refractivity contribution in [3.05, 3.63) is 54.3 Å². The standard InChI is InChI=1S/C20H26FN3O3S/c1-5-24(15(2)3)18-10-8-17(9-11-18)22-20(25)14-23(4)28(26,27)19-12-6-16(21)7-13-19/h6-13,15H,5,14H2,1-4H3,(H,22,25). The molecule has 0 spiro atoms. The Hall–Kier alpha value is -2.45. The lowest BCUT2D eigenvalue weighted by atomic mass is 10.2. The molecular weight excluding hydrogens is 381 g/mol. The molecule has 1 N–H and O–H groups in total. The van der Waals surface area contributed by atoms with Crippen molar-refractivity contribution < 1.29 is 17.6 Å². The van der Waals surface area contributed by atoms with E-state index in [0.717, 1.165) is 28.7 Å². The van der Waals surface area contributed by atoms with Crippen molar-refractivity contribution in [2.75, 3.05) is 30.4 Å². The Labute approximate surface area is 166 Å². The Morgan fingerprint density at radius 3 is 2.14 bits per heavy atom. The predicted molar refractivity (Wildman–Crippen MR) is 109 cm³/mol. The number of hydrogen-bond donors (Lipinski definition) is 1. The van der Waals surface area contributed by atoms with E-state index in [2.05, 4.69) is 31.0 Å². The van der Waals surface area contributed by atoms with Crippen LogP contribution in [0, 0.1) is 5.82 Å². The highest BCUT2D eigenvalue weighted by Crippen LogP contribution is 2.20. The topological polar surface area (TPSA) is 69.7 Å². The van der Waals surface area contributed by atoms with Crippen LogP contribution in [0.15, 0.2) is 53.4 Å². The van der Waals surface area contributed by atoms with Crippen LogP contribution in [0.5, 0.6) is 0 Å². The van der Waals surface area contributed by atoms with E-state index in [1.807, 2.05) is 12.1 Å². The predicted octanol–water partition coefficient (Wildman–Crippen LogP) is 3.32. The van der Waals surface area contributed by atoms with Crippen LogP contribution in [0.1, 0.15) is 20.8 Å². The van der Waals surface area contributed by atoms with E-state index in [1.54, 1.807) is 12.1 Å². The second-order valence-electron chi connectivity index (χ2n) is 6.69. The highest BCUT2D eigenvalue weighted by atomic mass is 32.2. The third kappa shape index (κ3) is 5.30.